The molecule has 0 saturated carbocycles. The number of carboxylic acid groups (broad SMARTS) is 1. The van der Waals surface area contributed by atoms with E-state index in [1.807, 2.05) is 30.3 Å². The summed E-state index contributed by atoms with van der Waals surface area (Å²) in [6.45, 7) is 0.341. The Kier molecular flexibility index (Phi) is 5.79. The second kappa shape index (κ2) is 7.44. The van der Waals surface area contributed by atoms with Gasteiger partial charge in [-0.25, -0.2) is 0 Å². The third-order valence-corrected chi connectivity index (χ3v) is 2.26. The Hall–Kier alpha value is -1.84. The number of benzene rings is 1. The number of esters is 1. The van der Waals surface area contributed by atoms with Crippen molar-refractivity contribution in [2.24, 2.45) is 0 Å². The van der Waals surface area contributed by atoms with Gasteiger partial charge in [0, 0.05) is 0 Å². The van der Waals surface area contributed by atoms with E-state index in [0.29, 0.717) is 6.61 Å². The Labute approximate surface area is 100 Å². The van der Waals surface area contributed by atoms with Crippen molar-refractivity contribution in [2.45, 2.75) is 25.7 Å². The predicted molar refractivity (Wildman–Crippen MR) is 62.6 cm³/mol. The Balaban J connectivity index is 2.08. The molecule has 4 nitrogen and oxygen atoms in total. The second-order valence-corrected chi connectivity index (χ2v) is 3.70. The summed E-state index contributed by atoms with van der Waals surface area (Å²) in [6.07, 6.45) is 1.38. The fourth-order valence-electron chi connectivity index (χ4n) is 1.39. The van der Waals surface area contributed by atoms with Crippen molar-refractivity contribution in [3.8, 4) is 0 Å². The third kappa shape index (κ3) is 6.35. The van der Waals surface area contributed by atoms with Gasteiger partial charge in [0.1, 0.15) is 0 Å². The Morgan fingerprint density at radius 3 is 2.47 bits per heavy atom. The zero-order valence-electron chi connectivity index (χ0n) is 9.59. The molecule has 0 heterocycles. The molecule has 0 aliphatic carbocycles. The number of carboxylic acids is 1. The lowest BCUT2D eigenvalue weighted by molar-refractivity contribution is -0.147. The van der Waals surface area contributed by atoms with Crippen LogP contribution in [0.1, 0.15) is 24.8 Å². The number of aryl methyl sites for hydroxylation is 1. The molecule has 0 aliphatic heterocycles. The van der Waals surface area contributed by atoms with Gasteiger partial charge in [-0.15, -0.1) is 0 Å². The first-order valence-electron chi connectivity index (χ1n) is 5.60. The van der Waals surface area contributed by atoms with Crippen LogP contribution >= 0.6 is 0 Å². The maximum Gasteiger partial charge on any atom is 0.306 e. The first kappa shape index (κ1) is 13.2. The van der Waals surface area contributed by atoms with Crippen LogP contribution < -0.4 is 0 Å². The number of rotatable bonds is 7. The van der Waals surface area contributed by atoms with Crippen LogP contribution in [0, 0.1) is 0 Å². The minimum absolute atomic E-state index is 0.0549. The van der Waals surface area contributed by atoms with Gasteiger partial charge in [0.25, 0.3) is 0 Å². The monoisotopic (exact) mass is 236 g/mol. The minimum Gasteiger partial charge on any atom is -0.481 e. The molecule has 1 aromatic rings. The molecule has 0 fully saturated rings. The van der Waals surface area contributed by atoms with Gasteiger partial charge in [0.15, 0.2) is 0 Å². The Morgan fingerprint density at radius 1 is 1.12 bits per heavy atom. The summed E-state index contributed by atoms with van der Waals surface area (Å²) in [5, 5.41) is 8.37. The van der Waals surface area contributed by atoms with Crippen molar-refractivity contribution < 1.29 is 19.4 Å². The normalized spacial score (nSPS) is 9.88. The summed E-state index contributed by atoms with van der Waals surface area (Å²) in [6, 6.07) is 9.93. The highest BCUT2D eigenvalue weighted by Gasteiger charge is 2.05. The smallest absolute Gasteiger partial charge is 0.306 e. The van der Waals surface area contributed by atoms with Crippen LogP contribution in [-0.2, 0) is 20.7 Å². The van der Waals surface area contributed by atoms with Gasteiger partial charge in [0.2, 0.25) is 0 Å². The van der Waals surface area contributed by atoms with Crippen LogP contribution in [0.25, 0.3) is 0 Å². The Morgan fingerprint density at radius 2 is 1.82 bits per heavy atom. The van der Waals surface area contributed by atoms with Crippen molar-refractivity contribution in [3.63, 3.8) is 0 Å². The molecule has 0 amide bonds. The largest absolute Gasteiger partial charge is 0.481 e. The molecule has 0 aliphatic rings. The van der Waals surface area contributed by atoms with Crippen LogP contribution in [0.3, 0.4) is 0 Å². The SMILES string of the molecule is O=C(O)CCC(=O)OCCCc1ccccc1. The highest BCUT2D eigenvalue weighted by atomic mass is 16.5. The average molecular weight is 236 g/mol. The quantitative estimate of drug-likeness (QED) is 0.581. The van der Waals surface area contributed by atoms with Crippen molar-refractivity contribution in [1.29, 1.82) is 0 Å². The molecule has 0 saturated heterocycles. The first-order valence-corrected chi connectivity index (χ1v) is 5.60. The first-order chi connectivity index (χ1) is 8.18. The standard InChI is InChI=1S/C13H16O4/c14-12(15)8-9-13(16)17-10-4-7-11-5-2-1-3-6-11/h1-3,5-6H,4,7-10H2,(H,14,15). The van der Waals surface area contributed by atoms with Crippen LogP contribution in [-0.4, -0.2) is 23.7 Å². The molecule has 1 rings (SSSR count). The van der Waals surface area contributed by atoms with Crippen molar-refractivity contribution in [2.75, 3.05) is 6.61 Å². The van der Waals surface area contributed by atoms with E-state index in [1.54, 1.807) is 0 Å². The van der Waals surface area contributed by atoms with Crippen LogP contribution in [0.4, 0.5) is 0 Å². The summed E-state index contributed by atoms with van der Waals surface area (Å²) < 4.78 is 4.91. The number of hydrogen-bond donors (Lipinski definition) is 1. The van der Waals surface area contributed by atoms with Gasteiger partial charge >= 0.3 is 11.9 Å². The lowest BCUT2D eigenvalue weighted by Gasteiger charge is -2.04. The van der Waals surface area contributed by atoms with Gasteiger partial charge in [-0.2, -0.15) is 0 Å². The zero-order chi connectivity index (χ0) is 12.5. The van der Waals surface area contributed by atoms with Crippen molar-refractivity contribution in [1.82, 2.24) is 0 Å². The molecule has 0 atom stereocenters. The van der Waals surface area contributed by atoms with Gasteiger partial charge in [-0.1, -0.05) is 30.3 Å². The summed E-state index contributed by atoms with van der Waals surface area (Å²) in [5.41, 5.74) is 1.20. The summed E-state index contributed by atoms with van der Waals surface area (Å²) in [5.74, 6) is -1.42. The fraction of sp³-hybridized carbons (Fsp3) is 0.385. The van der Waals surface area contributed by atoms with E-state index in [9.17, 15) is 9.59 Å². The maximum atomic E-state index is 11.1. The van der Waals surface area contributed by atoms with Gasteiger partial charge in [0.05, 0.1) is 19.4 Å². The molecule has 4 heteroatoms. The van der Waals surface area contributed by atoms with Crippen LogP contribution in [0.2, 0.25) is 0 Å². The molecule has 0 radical (unpaired) electrons. The molecular weight excluding hydrogens is 220 g/mol. The van der Waals surface area contributed by atoms with Crippen LogP contribution in [0.15, 0.2) is 30.3 Å². The molecule has 0 spiro atoms. The van der Waals surface area contributed by atoms with Gasteiger partial charge in [-0.3, -0.25) is 9.59 Å². The van der Waals surface area contributed by atoms with E-state index < -0.39 is 11.9 Å². The lowest BCUT2D eigenvalue weighted by atomic mass is 10.1. The second-order valence-electron chi connectivity index (χ2n) is 3.70. The van der Waals surface area contributed by atoms with E-state index in [0.717, 1.165) is 12.8 Å². The van der Waals surface area contributed by atoms with E-state index in [2.05, 4.69) is 0 Å². The topological polar surface area (TPSA) is 63.6 Å². The number of ether oxygens (including phenoxy) is 1. The van der Waals surface area contributed by atoms with Gasteiger partial charge in [-0.05, 0) is 18.4 Å². The predicted octanol–water partition coefficient (Wildman–Crippen LogP) is 2.03. The molecule has 0 unspecified atom stereocenters. The molecule has 1 aromatic carbocycles. The summed E-state index contributed by atoms with van der Waals surface area (Å²) in [4.78, 5) is 21.3. The zero-order valence-corrected chi connectivity index (χ0v) is 9.59. The number of aliphatic carboxylic acids is 1. The van der Waals surface area contributed by atoms with E-state index in [4.69, 9.17) is 9.84 Å². The number of carbonyl (C=O) groups is 2. The number of hydrogen-bond acceptors (Lipinski definition) is 3. The fourth-order valence-corrected chi connectivity index (χ4v) is 1.39. The third-order valence-electron chi connectivity index (χ3n) is 2.26. The van der Waals surface area contributed by atoms with Crippen LogP contribution in [0.5, 0.6) is 0 Å². The van der Waals surface area contributed by atoms with Crippen molar-refractivity contribution in [3.05, 3.63) is 35.9 Å². The minimum atomic E-state index is -0.980. The van der Waals surface area contributed by atoms with Crippen molar-refractivity contribution >= 4 is 11.9 Å². The molecule has 0 aromatic heterocycles. The van der Waals surface area contributed by atoms with E-state index in [1.165, 1.54) is 5.56 Å². The lowest BCUT2D eigenvalue weighted by Crippen LogP contribution is -2.08. The van der Waals surface area contributed by atoms with E-state index >= 15 is 0 Å². The summed E-state index contributed by atoms with van der Waals surface area (Å²) >= 11 is 0. The average Bonchev–Trinajstić information content (AvgIpc) is 2.33. The summed E-state index contributed by atoms with van der Waals surface area (Å²) in [7, 11) is 0. The molecular formula is C13H16O4. The van der Waals surface area contributed by atoms with E-state index in [-0.39, 0.29) is 12.8 Å². The Bertz CT molecular complexity index is 359. The highest BCUT2D eigenvalue weighted by Crippen LogP contribution is 2.03. The molecule has 1 N–H and O–H groups in total. The molecule has 0 bridgehead atoms. The highest BCUT2D eigenvalue weighted by molar-refractivity contribution is 5.76. The number of carbonyl (C=O) groups excluding carboxylic acids is 1. The molecule has 17 heavy (non-hydrogen) atoms. The molecule has 92 valence electrons. The van der Waals surface area contributed by atoms with Gasteiger partial charge < -0.3 is 9.84 Å². The maximum absolute atomic E-state index is 11.1.